The Hall–Kier alpha value is -1.94. The monoisotopic (exact) mass is 304 g/mol. The molecular weight excluding hydrogens is 288 g/mol. The smallest absolute Gasteiger partial charge is 0.124 e. The number of hydrogen-bond acceptors (Lipinski definition) is 4. The minimum absolute atomic E-state index is 0.223. The van der Waals surface area contributed by atoms with Gasteiger partial charge in [0.2, 0.25) is 0 Å². The van der Waals surface area contributed by atoms with Crippen LogP contribution in [0.15, 0.2) is 30.6 Å². The van der Waals surface area contributed by atoms with Crippen molar-refractivity contribution in [2.24, 2.45) is 0 Å². The highest BCUT2D eigenvalue weighted by molar-refractivity contribution is 6.33. The van der Waals surface area contributed by atoms with E-state index in [0.29, 0.717) is 11.6 Å². The number of hydrogen-bond donors (Lipinski definition) is 1. The van der Waals surface area contributed by atoms with Crippen LogP contribution >= 0.6 is 11.6 Å². The molecule has 0 fully saturated rings. The van der Waals surface area contributed by atoms with Crippen LogP contribution in [-0.2, 0) is 13.0 Å². The van der Waals surface area contributed by atoms with Gasteiger partial charge in [-0.15, -0.1) is 0 Å². The summed E-state index contributed by atoms with van der Waals surface area (Å²) in [6, 6.07) is 5.85. The van der Waals surface area contributed by atoms with Crippen molar-refractivity contribution < 1.29 is 9.47 Å². The molecule has 21 heavy (non-hydrogen) atoms. The molecule has 0 radical (unpaired) electrons. The molecule has 0 spiro atoms. The molecule has 1 N–H and O–H groups in total. The molecular formula is C16H17ClN2O2. The van der Waals surface area contributed by atoms with Crippen LogP contribution in [0.1, 0.15) is 18.1 Å². The number of methoxy groups -OCH3 is 1. The van der Waals surface area contributed by atoms with Crippen LogP contribution in [0, 0.1) is 0 Å². The molecule has 1 atom stereocenters. The zero-order valence-electron chi connectivity index (χ0n) is 12.0. The molecule has 3 rings (SSSR count). The first-order valence-corrected chi connectivity index (χ1v) is 7.25. The number of ether oxygens (including phenoxy) is 2. The summed E-state index contributed by atoms with van der Waals surface area (Å²) in [4.78, 5) is 4.07. The molecule has 1 aromatic carbocycles. The van der Waals surface area contributed by atoms with Gasteiger partial charge in [0, 0.05) is 30.3 Å². The summed E-state index contributed by atoms with van der Waals surface area (Å²) >= 11 is 6.12. The molecule has 1 aliphatic heterocycles. The van der Waals surface area contributed by atoms with E-state index in [1.165, 1.54) is 5.56 Å². The second-order valence-electron chi connectivity index (χ2n) is 5.11. The topological polar surface area (TPSA) is 43.4 Å². The number of fused-ring (bicyclic) bond motifs is 1. The third-order valence-electron chi connectivity index (χ3n) is 3.54. The van der Waals surface area contributed by atoms with Gasteiger partial charge < -0.3 is 14.8 Å². The molecule has 0 saturated heterocycles. The minimum atomic E-state index is 0.223. The maximum absolute atomic E-state index is 6.12. The van der Waals surface area contributed by atoms with E-state index in [2.05, 4.69) is 23.3 Å². The van der Waals surface area contributed by atoms with Crippen LogP contribution in [-0.4, -0.2) is 18.2 Å². The van der Waals surface area contributed by atoms with Gasteiger partial charge in [-0.2, -0.15) is 0 Å². The molecule has 2 aromatic rings. The molecule has 5 heteroatoms. The van der Waals surface area contributed by atoms with Crippen LogP contribution in [0.4, 0.5) is 5.69 Å². The van der Waals surface area contributed by atoms with Gasteiger partial charge >= 0.3 is 0 Å². The molecule has 110 valence electrons. The fourth-order valence-electron chi connectivity index (χ4n) is 2.51. The van der Waals surface area contributed by atoms with Gasteiger partial charge in [0.1, 0.15) is 17.6 Å². The molecule has 0 saturated carbocycles. The van der Waals surface area contributed by atoms with Crippen molar-refractivity contribution in [1.29, 1.82) is 0 Å². The standard InChI is InChI=1S/C16H17ClN2O2/c1-10-5-11-6-15(20-2)12(7-16(11)21-10)8-19-14-9-18-4-3-13(14)17/h3-4,6-7,9-10,19H,5,8H2,1-2H3. The minimum Gasteiger partial charge on any atom is -0.496 e. The first-order chi connectivity index (χ1) is 10.2. The third kappa shape index (κ3) is 2.90. The van der Waals surface area contributed by atoms with E-state index in [9.17, 15) is 0 Å². The van der Waals surface area contributed by atoms with E-state index in [1.807, 2.05) is 6.07 Å². The van der Waals surface area contributed by atoms with E-state index in [-0.39, 0.29) is 6.10 Å². The zero-order valence-corrected chi connectivity index (χ0v) is 12.8. The highest BCUT2D eigenvalue weighted by atomic mass is 35.5. The van der Waals surface area contributed by atoms with E-state index < -0.39 is 0 Å². The summed E-state index contributed by atoms with van der Waals surface area (Å²) in [6.07, 6.45) is 4.52. The van der Waals surface area contributed by atoms with Crippen molar-refractivity contribution in [2.45, 2.75) is 26.0 Å². The number of aromatic nitrogens is 1. The SMILES string of the molecule is COc1cc2c(cc1CNc1cnccc1Cl)OC(C)C2. The second kappa shape index (κ2) is 5.82. The van der Waals surface area contributed by atoms with E-state index in [4.69, 9.17) is 21.1 Å². The van der Waals surface area contributed by atoms with Gasteiger partial charge in [0.05, 0.1) is 24.0 Å². The summed E-state index contributed by atoms with van der Waals surface area (Å²) in [7, 11) is 1.68. The van der Waals surface area contributed by atoms with Crippen molar-refractivity contribution in [2.75, 3.05) is 12.4 Å². The molecule has 0 amide bonds. The highest BCUT2D eigenvalue weighted by Gasteiger charge is 2.21. The summed E-state index contributed by atoms with van der Waals surface area (Å²) < 4.78 is 11.3. The summed E-state index contributed by atoms with van der Waals surface area (Å²) in [5, 5.41) is 3.92. The number of halogens is 1. The molecule has 2 heterocycles. The lowest BCUT2D eigenvalue weighted by Gasteiger charge is -2.13. The van der Waals surface area contributed by atoms with Gasteiger partial charge in [0.15, 0.2) is 0 Å². The largest absolute Gasteiger partial charge is 0.496 e. The first-order valence-electron chi connectivity index (χ1n) is 6.87. The Balaban J connectivity index is 1.82. The van der Waals surface area contributed by atoms with Gasteiger partial charge in [-0.3, -0.25) is 4.98 Å². The van der Waals surface area contributed by atoms with Crippen molar-refractivity contribution in [3.8, 4) is 11.5 Å². The molecule has 1 aromatic heterocycles. The average molecular weight is 305 g/mol. The Bertz CT molecular complexity index is 661. The normalized spacial score (nSPS) is 16.2. The van der Waals surface area contributed by atoms with Crippen LogP contribution < -0.4 is 14.8 Å². The fourth-order valence-corrected chi connectivity index (χ4v) is 2.68. The van der Waals surface area contributed by atoms with Gasteiger partial charge in [-0.1, -0.05) is 11.6 Å². The summed E-state index contributed by atoms with van der Waals surface area (Å²) in [6.45, 7) is 2.67. The molecule has 1 unspecified atom stereocenters. The number of anilines is 1. The number of nitrogens with one attached hydrogen (secondary N) is 1. The van der Waals surface area contributed by atoms with E-state index in [1.54, 1.807) is 25.6 Å². The van der Waals surface area contributed by atoms with Crippen LogP contribution in [0.25, 0.3) is 0 Å². The van der Waals surface area contributed by atoms with Crippen molar-refractivity contribution in [1.82, 2.24) is 4.98 Å². The quantitative estimate of drug-likeness (QED) is 0.936. The van der Waals surface area contributed by atoms with Crippen molar-refractivity contribution >= 4 is 17.3 Å². The van der Waals surface area contributed by atoms with Gasteiger partial charge in [-0.25, -0.2) is 0 Å². The molecule has 0 bridgehead atoms. The summed E-state index contributed by atoms with van der Waals surface area (Å²) in [5.41, 5.74) is 3.03. The van der Waals surface area contributed by atoms with Crippen molar-refractivity contribution in [3.05, 3.63) is 46.7 Å². The average Bonchev–Trinajstić information content (AvgIpc) is 2.84. The number of rotatable bonds is 4. The second-order valence-corrected chi connectivity index (χ2v) is 5.52. The Morgan fingerprint density at radius 1 is 1.48 bits per heavy atom. The maximum atomic E-state index is 6.12. The predicted octanol–water partition coefficient (Wildman–Crippen LogP) is 3.68. The molecule has 4 nitrogen and oxygen atoms in total. The maximum Gasteiger partial charge on any atom is 0.124 e. The lowest BCUT2D eigenvalue weighted by atomic mass is 10.1. The fraction of sp³-hybridized carbons (Fsp3) is 0.312. The molecule has 1 aliphatic rings. The third-order valence-corrected chi connectivity index (χ3v) is 3.87. The number of nitrogens with zero attached hydrogens (tertiary/aromatic N) is 1. The van der Waals surface area contributed by atoms with Crippen LogP contribution in [0.3, 0.4) is 0 Å². The van der Waals surface area contributed by atoms with Crippen LogP contribution in [0.5, 0.6) is 11.5 Å². The van der Waals surface area contributed by atoms with Crippen LogP contribution in [0.2, 0.25) is 5.02 Å². The number of pyridine rings is 1. The highest BCUT2D eigenvalue weighted by Crippen LogP contribution is 2.35. The van der Waals surface area contributed by atoms with E-state index >= 15 is 0 Å². The predicted molar refractivity (Wildman–Crippen MR) is 83.4 cm³/mol. The van der Waals surface area contributed by atoms with Gasteiger partial charge in [0.25, 0.3) is 0 Å². The Kier molecular flexibility index (Phi) is 3.88. The Labute approximate surface area is 129 Å². The first kappa shape index (κ1) is 14.0. The zero-order chi connectivity index (χ0) is 14.8. The summed E-state index contributed by atoms with van der Waals surface area (Å²) in [5.74, 6) is 1.80. The van der Waals surface area contributed by atoms with Gasteiger partial charge in [-0.05, 0) is 25.1 Å². The Morgan fingerprint density at radius 2 is 2.33 bits per heavy atom. The van der Waals surface area contributed by atoms with Crippen molar-refractivity contribution in [3.63, 3.8) is 0 Å². The molecule has 0 aliphatic carbocycles. The Morgan fingerprint density at radius 3 is 3.10 bits per heavy atom. The lowest BCUT2D eigenvalue weighted by Crippen LogP contribution is -2.05. The lowest BCUT2D eigenvalue weighted by molar-refractivity contribution is 0.254. The number of benzene rings is 1. The van der Waals surface area contributed by atoms with E-state index in [0.717, 1.165) is 29.2 Å².